The summed E-state index contributed by atoms with van der Waals surface area (Å²) in [6, 6.07) is 9.96. The molecule has 2 aromatic carbocycles. The van der Waals surface area contributed by atoms with E-state index in [-0.39, 0.29) is 16.5 Å². The van der Waals surface area contributed by atoms with Gasteiger partial charge in [0.05, 0.1) is 17.8 Å². The molecule has 0 aliphatic carbocycles. The van der Waals surface area contributed by atoms with Gasteiger partial charge in [-0.25, -0.2) is 14.2 Å². The van der Waals surface area contributed by atoms with Crippen molar-refractivity contribution in [2.24, 2.45) is 7.05 Å². The molecule has 0 saturated carbocycles. The third-order valence-corrected chi connectivity index (χ3v) is 7.79. The Morgan fingerprint density at radius 1 is 1.00 bits per heavy atom. The maximum absolute atomic E-state index is 15.3. The fourth-order valence-electron chi connectivity index (χ4n) is 5.24. The van der Waals surface area contributed by atoms with Crippen molar-refractivity contribution in [1.29, 1.82) is 0 Å². The number of anilines is 1. The van der Waals surface area contributed by atoms with Crippen molar-refractivity contribution in [3.8, 4) is 39.6 Å². The van der Waals surface area contributed by atoms with Gasteiger partial charge in [0.2, 0.25) is 5.88 Å². The van der Waals surface area contributed by atoms with Crippen molar-refractivity contribution in [3.63, 3.8) is 0 Å². The van der Waals surface area contributed by atoms with Crippen LogP contribution in [0.25, 0.3) is 27.9 Å². The maximum atomic E-state index is 15.3. The Bertz CT molecular complexity index is 1690. The highest BCUT2D eigenvalue weighted by Crippen LogP contribution is 2.43. The average molecular weight is 594 g/mol. The molecule has 4 aromatic rings. The number of halogens is 2. The number of hydrogen-bond acceptors (Lipinski definition) is 7. The second kappa shape index (κ2) is 12.0. The summed E-state index contributed by atoms with van der Waals surface area (Å²) in [5.74, 6) is -0.458. The standard InChI is InChI=1S/C31H33ClFN5O4/c1-19(2)36-9-11-37(12-10-36)28-15-22(18-34-30(28)41-5)25-17-23(33)16-24(29(25)42-20(3)39)21-6-7-27(26(32)14-21)38-13-8-35(4)31(38)40/h6-8,13-19H,9-12H2,1-5H3. The van der Waals surface area contributed by atoms with E-state index in [0.717, 1.165) is 31.9 Å². The highest BCUT2D eigenvalue weighted by molar-refractivity contribution is 6.32. The van der Waals surface area contributed by atoms with Crippen LogP contribution in [0.15, 0.2) is 59.8 Å². The van der Waals surface area contributed by atoms with E-state index in [9.17, 15) is 9.59 Å². The first kappa shape index (κ1) is 29.3. The summed E-state index contributed by atoms with van der Waals surface area (Å²) in [5.41, 5.74) is 2.75. The van der Waals surface area contributed by atoms with Crippen LogP contribution >= 0.6 is 11.6 Å². The van der Waals surface area contributed by atoms with Gasteiger partial charge in [-0.3, -0.25) is 14.3 Å². The number of methoxy groups -OCH3 is 1. The molecule has 1 fully saturated rings. The van der Waals surface area contributed by atoms with Gasteiger partial charge in [0, 0.05) is 81.5 Å². The van der Waals surface area contributed by atoms with E-state index in [1.165, 1.54) is 28.2 Å². The van der Waals surface area contributed by atoms with Gasteiger partial charge in [0.25, 0.3) is 0 Å². The van der Waals surface area contributed by atoms with Crippen molar-refractivity contribution < 1.29 is 18.7 Å². The zero-order chi connectivity index (χ0) is 30.1. The smallest absolute Gasteiger partial charge is 0.332 e. The lowest BCUT2D eigenvalue weighted by molar-refractivity contribution is -0.131. The number of piperazine rings is 1. The number of esters is 1. The summed E-state index contributed by atoms with van der Waals surface area (Å²) in [5, 5.41) is 0.273. The summed E-state index contributed by atoms with van der Waals surface area (Å²) in [6.07, 6.45) is 4.83. The second-order valence-electron chi connectivity index (χ2n) is 10.5. The number of aromatic nitrogens is 3. The molecule has 1 saturated heterocycles. The predicted octanol–water partition coefficient (Wildman–Crippen LogP) is 5.16. The predicted molar refractivity (Wildman–Crippen MR) is 161 cm³/mol. The molecule has 2 aromatic heterocycles. The Hall–Kier alpha value is -4.15. The normalized spacial score (nSPS) is 14.0. The quantitative estimate of drug-likeness (QED) is 0.216. The number of nitrogens with zero attached hydrogens (tertiary/aromatic N) is 5. The van der Waals surface area contributed by atoms with Crippen molar-refractivity contribution in [1.82, 2.24) is 19.0 Å². The monoisotopic (exact) mass is 593 g/mol. The Kier molecular flexibility index (Phi) is 8.38. The zero-order valence-corrected chi connectivity index (χ0v) is 25.0. The van der Waals surface area contributed by atoms with E-state index in [0.29, 0.717) is 39.9 Å². The van der Waals surface area contributed by atoms with Crippen LogP contribution < -0.4 is 20.1 Å². The van der Waals surface area contributed by atoms with Crippen LogP contribution in [-0.2, 0) is 11.8 Å². The summed E-state index contributed by atoms with van der Waals surface area (Å²) in [6.45, 7) is 8.98. The minimum Gasteiger partial charge on any atom is -0.480 e. The van der Waals surface area contributed by atoms with Crippen LogP contribution in [0.4, 0.5) is 10.1 Å². The Labute approximate surface area is 248 Å². The van der Waals surface area contributed by atoms with Crippen molar-refractivity contribution in [2.75, 3.05) is 38.2 Å². The van der Waals surface area contributed by atoms with Gasteiger partial charge in [-0.15, -0.1) is 0 Å². The Morgan fingerprint density at radius 3 is 2.26 bits per heavy atom. The zero-order valence-electron chi connectivity index (χ0n) is 24.2. The molecule has 1 aliphatic heterocycles. The molecule has 3 heterocycles. The molecule has 0 bridgehead atoms. The Balaban J connectivity index is 1.60. The molecular formula is C31H33ClFN5O4. The molecule has 0 amide bonds. The molecule has 220 valence electrons. The number of rotatable bonds is 7. The summed E-state index contributed by atoms with van der Waals surface area (Å²) in [4.78, 5) is 33.9. The third kappa shape index (κ3) is 5.77. The lowest BCUT2D eigenvalue weighted by atomic mass is 9.97. The average Bonchev–Trinajstić information content (AvgIpc) is 3.30. The number of carbonyl (C=O) groups is 1. The molecule has 0 N–H and O–H groups in total. The number of ether oxygens (including phenoxy) is 2. The summed E-state index contributed by atoms with van der Waals surface area (Å²) >= 11 is 6.62. The highest BCUT2D eigenvalue weighted by atomic mass is 35.5. The van der Waals surface area contributed by atoms with Crippen LogP contribution in [0.2, 0.25) is 5.02 Å². The van der Waals surface area contributed by atoms with Crippen molar-refractivity contribution in [3.05, 3.63) is 76.3 Å². The van der Waals surface area contributed by atoms with E-state index in [4.69, 9.17) is 21.1 Å². The Morgan fingerprint density at radius 2 is 1.69 bits per heavy atom. The van der Waals surface area contributed by atoms with Crippen LogP contribution in [0.5, 0.6) is 11.6 Å². The molecule has 0 atom stereocenters. The topological polar surface area (TPSA) is 81.8 Å². The number of imidazole rings is 1. The largest absolute Gasteiger partial charge is 0.480 e. The van der Waals surface area contributed by atoms with Crippen LogP contribution in [0.1, 0.15) is 20.8 Å². The van der Waals surface area contributed by atoms with E-state index in [2.05, 4.69) is 28.6 Å². The van der Waals surface area contributed by atoms with Gasteiger partial charge in [-0.05, 0) is 49.7 Å². The minimum absolute atomic E-state index is 0.173. The van der Waals surface area contributed by atoms with Gasteiger partial charge < -0.3 is 18.9 Å². The fourth-order valence-corrected chi connectivity index (χ4v) is 5.52. The van der Waals surface area contributed by atoms with Crippen molar-refractivity contribution >= 4 is 23.3 Å². The van der Waals surface area contributed by atoms with E-state index >= 15 is 4.39 Å². The summed E-state index contributed by atoms with van der Waals surface area (Å²) < 4.78 is 29.4. The molecular weight excluding hydrogens is 561 g/mol. The van der Waals surface area contributed by atoms with Crippen LogP contribution in [-0.4, -0.2) is 64.3 Å². The molecule has 0 unspecified atom stereocenters. The molecule has 1 aliphatic rings. The highest BCUT2D eigenvalue weighted by Gasteiger charge is 2.24. The lowest BCUT2D eigenvalue weighted by Gasteiger charge is -2.38. The third-order valence-electron chi connectivity index (χ3n) is 7.49. The molecule has 0 spiro atoms. The van der Waals surface area contributed by atoms with Gasteiger partial charge in [-0.1, -0.05) is 17.7 Å². The molecule has 42 heavy (non-hydrogen) atoms. The minimum atomic E-state index is -0.561. The first-order chi connectivity index (χ1) is 20.1. The van der Waals surface area contributed by atoms with E-state index < -0.39 is 11.8 Å². The lowest BCUT2D eigenvalue weighted by Crippen LogP contribution is -2.49. The molecule has 5 rings (SSSR count). The van der Waals surface area contributed by atoms with E-state index in [1.807, 2.05) is 6.07 Å². The molecule has 11 heteroatoms. The van der Waals surface area contributed by atoms with Crippen LogP contribution in [0.3, 0.4) is 0 Å². The SMILES string of the molecule is COc1ncc(-c2cc(F)cc(-c3ccc(-n4ccn(C)c4=O)c(Cl)c3)c2OC(C)=O)cc1N1CCN(C(C)C)CC1. The maximum Gasteiger partial charge on any atom is 0.332 e. The molecule has 0 radical (unpaired) electrons. The number of hydrogen-bond donors (Lipinski definition) is 0. The summed E-state index contributed by atoms with van der Waals surface area (Å²) in [7, 11) is 3.21. The van der Waals surface area contributed by atoms with Crippen molar-refractivity contribution in [2.45, 2.75) is 26.8 Å². The fraction of sp³-hybridized carbons (Fsp3) is 0.323. The first-order valence-corrected chi connectivity index (χ1v) is 14.0. The van der Waals surface area contributed by atoms with E-state index in [1.54, 1.807) is 50.9 Å². The number of benzene rings is 2. The number of carbonyl (C=O) groups excluding carboxylic acids is 1. The number of aryl methyl sites for hydroxylation is 1. The second-order valence-corrected chi connectivity index (χ2v) is 10.9. The first-order valence-electron chi connectivity index (χ1n) is 13.7. The molecule has 9 nitrogen and oxygen atoms in total. The van der Waals surface area contributed by atoms with Gasteiger partial charge in [-0.2, -0.15) is 0 Å². The van der Waals surface area contributed by atoms with Gasteiger partial charge in [0.1, 0.15) is 17.3 Å². The van der Waals surface area contributed by atoms with Crippen LogP contribution in [0, 0.1) is 5.82 Å². The number of pyridine rings is 1. The van der Waals surface area contributed by atoms with Gasteiger partial charge >= 0.3 is 11.7 Å². The van der Waals surface area contributed by atoms with Gasteiger partial charge in [0.15, 0.2) is 0 Å².